The van der Waals surface area contributed by atoms with Gasteiger partial charge in [-0.1, -0.05) is 18.2 Å². The first-order valence-electron chi connectivity index (χ1n) is 6.51. The number of fused-ring (bicyclic) bond motifs is 1. The topological polar surface area (TPSA) is 63.8 Å². The van der Waals surface area contributed by atoms with Gasteiger partial charge in [-0.25, -0.2) is 5.43 Å². The van der Waals surface area contributed by atoms with E-state index < -0.39 is 0 Å². The van der Waals surface area contributed by atoms with Gasteiger partial charge in [-0.15, -0.1) is 0 Å². The van der Waals surface area contributed by atoms with Crippen molar-refractivity contribution in [3.63, 3.8) is 0 Å². The quantitative estimate of drug-likeness (QED) is 0.563. The van der Waals surface area contributed by atoms with Crippen molar-refractivity contribution < 1.29 is 0 Å². The summed E-state index contributed by atoms with van der Waals surface area (Å²) in [5.41, 5.74) is 7.20. The zero-order valence-corrected chi connectivity index (χ0v) is 11.2. The van der Waals surface area contributed by atoms with Crippen molar-refractivity contribution in [2.24, 2.45) is 5.84 Å². The monoisotopic (exact) mass is 264 g/mol. The highest BCUT2D eigenvalue weighted by Crippen LogP contribution is 2.28. The summed E-state index contributed by atoms with van der Waals surface area (Å²) in [7, 11) is 0. The summed E-state index contributed by atoms with van der Waals surface area (Å²) < 4.78 is 0. The highest BCUT2D eigenvalue weighted by atomic mass is 15.2. The van der Waals surface area contributed by atoms with Crippen molar-refractivity contribution in [3.05, 3.63) is 71.7 Å². The Hall–Kier alpha value is -2.30. The molecular weight excluding hydrogens is 248 g/mol. The maximum absolute atomic E-state index is 5.80. The van der Waals surface area contributed by atoms with E-state index in [4.69, 9.17) is 5.84 Å². The number of aryl methyl sites for hydroxylation is 1. The second kappa shape index (κ2) is 5.36. The smallest absolute Gasteiger partial charge is 0.0734 e. The number of hydrogen-bond acceptors (Lipinski definition) is 4. The van der Waals surface area contributed by atoms with Gasteiger partial charge in [-0.05, 0) is 41.8 Å². The van der Waals surface area contributed by atoms with Gasteiger partial charge in [-0.3, -0.25) is 15.8 Å². The molecule has 0 spiro atoms. The maximum atomic E-state index is 5.80. The molecule has 3 aromatic rings. The molecule has 4 heteroatoms. The van der Waals surface area contributed by atoms with E-state index in [-0.39, 0.29) is 6.04 Å². The summed E-state index contributed by atoms with van der Waals surface area (Å²) in [6, 6.07) is 12.0. The lowest BCUT2D eigenvalue weighted by atomic mass is 9.95. The third-order valence-electron chi connectivity index (χ3n) is 3.55. The molecule has 20 heavy (non-hydrogen) atoms. The predicted octanol–water partition coefficient (Wildman–Crippen LogP) is 2.49. The van der Waals surface area contributed by atoms with Crippen molar-refractivity contribution in [2.75, 3.05) is 0 Å². The molecule has 0 aliphatic heterocycles. The third-order valence-corrected chi connectivity index (χ3v) is 3.55. The Bertz CT molecular complexity index is 734. The molecule has 0 aliphatic carbocycles. The number of hydrogen-bond donors (Lipinski definition) is 2. The molecule has 3 rings (SSSR count). The number of aromatic nitrogens is 2. The number of pyridine rings is 2. The largest absolute Gasteiger partial charge is 0.271 e. The molecule has 0 saturated carbocycles. The van der Waals surface area contributed by atoms with Crippen molar-refractivity contribution in [3.8, 4) is 0 Å². The Balaban J connectivity index is 2.20. The van der Waals surface area contributed by atoms with Crippen LogP contribution in [0.2, 0.25) is 0 Å². The lowest BCUT2D eigenvalue weighted by Gasteiger charge is -2.20. The number of nitrogens with zero attached hydrogens (tertiary/aromatic N) is 2. The molecule has 2 aromatic heterocycles. The van der Waals surface area contributed by atoms with Gasteiger partial charge in [0.2, 0.25) is 0 Å². The molecule has 2 heterocycles. The highest BCUT2D eigenvalue weighted by Gasteiger charge is 2.17. The normalized spacial score (nSPS) is 12.5. The second-order valence-corrected chi connectivity index (χ2v) is 4.75. The molecule has 4 nitrogen and oxygen atoms in total. The van der Waals surface area contributed by atoms with E-state index in [1.165, 1.54) is 0 Å². The number of rotatable bonds is 3. The van der Waals surface area contributed by atoms with E-state index in [0.29, 0.717) is 0 Å². The molecule has 100 valence electrons. The van der Waals surface area contributed by atoms with Crippen LogP contribution in [0.1, 0.15) is 22.7 Å². The molecule has 0 amide bonds. The fourth-order valence-electron chi connectivity index (χ4n) is 2.50. The molecule has 1 atom stereocenters. The first-order valence-corrected chi connectivity index (χ1v) is 6.51. The van der Waals surface area contributed by atoms with Gasteiger partial charge in [0.25, 0.3) is 0 Å². The predicted molar refractivity (Wildman–Crippen MR) is 79.9 cm³/mol. The fourth-order valence-corrected chi connectivity index (χ4v) is 2.50. The summed E-state index contributed by atoms with van der Waals surface area (Å²) in [6.45, 7) is 2.06. The van der Waals surface area contributed by atoms with E-state index in [9.17, 15) is 0 Å². The van der Waals surface area contributed by atoms with E-state index in [0.717, 1.165) is 27.6 Å². The average Bonchev–Trinajstić information content (AvgIpc) is 2.50. The lowest BCUT2D eigenvalue weighted by Crippen LogP contribution is -2.29. The van der Waals surface area contributed by atoms with Gasteiger partial charge in [-0.2, -0.15) is 0 Å². The van der Waals surface area contributed by atoms with E-state index in [1.54, 1.807) is 6.20 Å². The highest BCUT2D eigenvalue weighted by molar-refractivity contribution is 5.82. The molecule has 3 N–H and O–H groups in total. The first-order chi connectivity index (χ1) is 9.81. The molecular formula is C16H16N4. The standard InChI is InChI=1S/C16H16N4/c1-11-6-8-18-10-14(11)16(20-17)13-7-9-19-15-5-3-2-4-12(13)15/h2-10,16,20H,17H2,1H3. The summed E-state index contributed by atoms with van der Waals surface area (Å²) in [6.07, 6.45) is 5.46. The summed E-state index contributed by atoms with van der Waals surface area (Å²) in [4.78, 5) is 8.60. The van der Waals surface area contributed by atoms with Crippen molar-refractivity contribution in [1.29, 1.82) is 0 Å². The molecule has 0 saturated heterocycles. The van der Waals surface area contributed by atoms with Crippen LogP contribution >= 0.6 is 0 Å². The molecule has 0 aliphatic rings. The molecule has 1 aromatic carbocycles. The van der Waals surface area contributed by atoms with Gasteiger partial charge in [0.05, 0.1) is 11.6 Å². The third kappa shape index (κ3) is 2.15. The van der Waals surface area contributed by atoms with Gasteiger partial charge >= 0.3 is 0 Å². The Morgan fingerprint density at radius 1 is 1.05 bits per heavy atom. The van der Waals surface area contributed by atoms with Crippen LogP contribution in [-0.4, -0.2) is 9.97 Å². The van der Waals surface area contributed by atoms with E-state index >= 15 is 0 Å². The Kier molecular flexibility index (Phi) is 3.41. The van der Waals surface area contributed by atoms with Crippen LogP contribution in [0.25, 0.3) is 10.9 Å². The van der Waals surface area contributed by atoms with Crippen molar-refractivity contribution in [1.82, 2.24) is 15.4 Å². The summed E-state index contributed by atoms with van der Waals surface area (Å²) in [5, 5.41) is 1.10. The second-order valence-electron chi connectivity index (χ2n) is 4.75. The Morgan fingerprint density at radius 3 is 2.70 bits per heavy atom. The first kappa shape index (κ1) is 12.7. The Morgan fingerprint density at radius 2 is 1.90 bits per heavy atom. The zero-order chi connectivity index (χ0) is 13.9. The fraction of sp³-hybridized carbons (Fsp3) is 0.125. The number of nitrogens with two attached hydrogens (primary N) is 1. The van der Waals surface area contributed by atoms with E-state index in [1.807, 2.05) is 42.7 Å². The van der Waals surface area contributed by atoms with Crippen LogP contribution < -0.4 is 11.3 Å². The number of hydrazine groups is 1. The van der Waals surface area contributed by atoms with Crippen LogP contribution in [-0.2, 0) is 0 Å². The average molecular weight is 264 g/mol. The SMILES string of the molecule is Cc1ccncc1C(NN)c1ccnc2ccccc12. The lowest BCUT2D eigenvalue weighted by molar-refractivity contribution is 0.635. The Labute approximate surface area is 117 Å². The van der Waals surface area contributed by atoms with Crippen LogP contribution in [0.4, 0.5) is 0 Å². The number of nitrogens with one attached hydrogen (secondary N) is 1. The minimum Gasteiger partial charge on any atom is -0.271 e. The maximum Gasteiger partial charge on any atom is 0.0734 e. The van der Waals surface area contributed by atoms with Crippen LogP contribution in [0.15, 0.2) is 55.0 Å². The molecule has 1 unspecified atom stereocenters. The van der Waals surface area contributed by atoms with Crippen LogP contribution in [0.5, 0.6) is 0 Å². The van der Waals surface area contributed by atoms with Crippen LogP contribution in [0, 0.1) is 6.92 Å². The molecule has 0 fully saturated rings. The van der Waals surface area contributed by atoms with Gasteiger partial charge in [0.1, 0.15) is 0 Å². The zero-order valence-electron chi connectivity index (χ0n) is 11.2. The van der Waals surface area contributed by atoms with Gasteiger partial charge in [0, 0.05) is 24.0 Å². The van der Waals surface area contributed by atoms with Crippen molar-refractivity contribution >= 4 is 10.9 Å². The minimum atomic E-state index is -0.100. The summed E-state index contributed by atoms with van der Waals surface area (Å²) >= 11 is 0. The van der Waals surface area contributed by atoms with Crippen molar-refractivity contribution in [2.45, 2.75) is 13.0 Å². The summed E-state index contributed by atoms with van der Waals surface area (Å²) in [5.74, 6) is 5.80. The minimum absolute atomic E-state index is 0.100. The van der Waals surface area contributed by atoms with E-state index in [2.05, 4.69) is 28.4 Å². The van der Waals surface area contributed by atoms with Crippen LogP contribution in [0.3, 0.4) is 0 Å². The van der Waals surface area contributed by atoms with Gasteiger partial charge in [0.15, 0.2) is 0 Å². The number of benzene rings is 1. The number of para-hydroxylation sites is 1. The molecule has 0 bridgehead atoms. The van der Waals surface area contributed by atoms with Gasteiger partial charge < -0.3 is 0 Å². The molecule has 0 radical (unpaired) electrons.